The number of anilines is 1. The molecule has 1 aromatic carbocycles. The molecule has 158 valence electrons. The normalized spacial score (nSPS) is 14.2. The molecule has 8 heteroatoms. The summed E-state index contributed by atoms with van der Waals surface area (Å²) < 4.78 is 4.93. The number of hydrogen-bond donors (Lipinski definition) is 2. The van der Waals surface area contributed by atoms with Crippen molar-refractivity contribution in [1.29, 1.82) is 0 Å². The van der Waals surface area contributed by atoms with Crippen LogP contribution in [-0.4, -0.2) is 47.5 Å². The lowest BCUT2D eigenvalue weighted by Gasteiger charge is -2.30. The molecule has 1 aliphatic heterocycles. The Morgan fingerprint density at radius 1 is 1.21 bits per heavy atom. The molecule has 1 heterocycles. The maximum Gasteiger partial charge on any atom is 0.306 e. The first-order chi connectivity index (χ1) is 13.9. The summed E-state index contributed by atoms with van der Waals surface area (Å²) >= 11 is 5.15. The zero-order chi connectivity index (χ0) is 21.2. The van der Waals surface area contributed by atoms with Crippen LogP contribution in [0.15, 0.2) is 24.3 Å². The molecule has 0 aromatic heterocycles. The fourth-order valence-electron chi connectivity index (χ4n) is 2.98. The number of carbonyl (C=O) groups excluding carboxylic acids is 3. The van der Waals surface area contributed by atoms with E-state index in [-0.39, 0.29) is 29.8 Å². The lowest BCUT2D eigenvalue weighted by Crippen LogP contribution is -2.38. The Hall–Kier alpha value is -2.48. The van der Waals surface area contributed by atoms with E-state index in [1.807, 2.05) is 11.8 Å². The third-order valence-electron chi connectivity index (χ3n) is 4.71. The molecule has 2 N–H and O–H groups in total. The lowest BCUT2D eigenvalue weighted by atomic mass is 9.98. The number of benzene rings is 1. The topological polar surface area (TPSA) is 87.7 Å². The van der Waals surface area contributed by atoms with Crippen LogP contribution < -0.4 is 10.6 Å². The van der Waals surface area contributed by atoms with E-state index in [0.29, 0.717) is 23.8 Å². The zero-order valence-corrected chi connectivity index (χ0v) is 17.8. The van der Waals surface area contributed by atoms with E-state index in [2.05, 4.69) is 17.6 Å². The van der Waals surface area contributed by atoms with Gasteiger partial charge in [0.1, 0.15) is 0 Å². The second-order valence-corrected chi connectivity index (χ2v) is 7.69. The Morgan fingerprint density at radius 3 is 2.62 bits per heavy atom. The van der Waals surface area contributed by atoms with Crippen molar-refractivity contribution in [2.24, 2.45) is 5.92 Å². The monoisotopic (exact) mass is 419 g/mol. The van der Waals surface area contributed by atoms with Gasteiger partial charge in [-0.3, -0.25) is 14.4 Å². The number of carbonyl (C=O) groups is 3. The van der Waals surface area contributed by atoms with E-state index >= 15 is 0 Å². The Kier molecular flexibility index (Phi) is 9.05. The maximum atomic E-state index is 12.7. The molecule has 1 aliphatic rings. The number of esters is 1. The Labute approximate surface area is 177 Å². The average molecular weight is 420 g/mol. The van der Waals surface area contributed by atoms with Gasteiger partial charge in [-0.1, -0.05) is 19.9 Å². The summed E-state index contributed by atoms with van der Waals surface area (Å²) in [7, 11) is 0. The van der Waals surface area contributed by atoms with Crippen LogP contribution in [0.1, 0.15) is 56.3 Å². The number of likely N-dealkylation sites (tertiary alicyclic amines) is 1. The van der Waals surface area contributed by atoms with Gasteiger partial charge in [-0.2, -0.15) is 0 Å². The third kappa shape index (κ3) is 7.81. The quantitative estimate of drug-likeness (QED) is 0.522. The smallest absolute Gasteiger partial charge is 0.306 e. The molecule has 1 saturated heterocycles. The Balaban J connectivity index is 1.83. The van der Waals surface area contributed by atoms with Crippen LogP contribution in [0, 0.1) is 5.92 Å². The van der Waals surface area contributed by atoms with E-state index in [0.717, 1.165) is 32.4 Å². The summed E-state index contributed by atoms with van der Waals surface area (Å²) in [6, 6.07) is 7.04. The van der Waals surface area contributed by atoms with Crippen molar-refractivity contribution in [2.75, 3.05) is 25.0 Å². The molecule has 1 fully saturated rings. The van der Waals surface area contributed by atoms with Crippen LogP contribution in [0.5, 0.6) is 0 Å². The van der Waals surface area contributed by atoms with Gasteiger partial charge in [0.25, 0.3) is 5.91 Å². The highest BCUT2D eigenvalue weighted by Gasteiger charge is 2.21. The first-order valence-electron chi connectivity index (χ1n) is 10.0. The molecular weight excluding hydrogens is 390 g/mol. The fraction of sp³-hybridized carbons (Fsp3) is 0.524. The highest BCUT2D eigenvalue weighted by Crippen LogP contribution is 2.19. The molecule has 1 aromatic rings. The summed E-state index contributed by atoms with van der Waals surface area (Å²) in [5, 5.41) is 5.57. The minimum Gasteiger partial charge on any atom is -0.466 e. The molecule has 0 saturated carbocycles. The lowest BCUT2D eigenvalue weighted by molar-refractivity contribution is -0.144. The standard InChI is InChI=1S/C21H29N3O4S/c1-3-13-28-19(26)8-7-18(25)23-21(29)22-17-6-4-5-16(14-17)20(27)24-11-9-15(2)10-12-24/h4-6,14-15H,3,7-13H2,1-2H3,(H2,22,23,25,29). The van der Waals surface area contributed by atoms with Crippen LogP contribution in [0.3, 0.4) is 0 Å². The van der Waals surface area contributed by atoms with Gasteiger partial charge in [0.15, 0.2) is 5.11 Å². The van der Waals surface area contributed by atoms with Gasteiger partial charge < -0.3 is 20.3 Å². The van der Waals surface area contributed by atoms with Gasteiger partial charge >= 0.3 is 5.97 Å². The van der Waals surface area contributed by atoms with Crippen molar-refractivity contribution < 1.29 is 19.1 Å². The second kappa shape index (κ2) is 11.5. The third-order valence-corrected chi connectivity index (χ3v) is 4.92. The summed E-state index contributed by atoms with van der Waals surface area (Å²) in [5.41, 5.74) is 1.20. The predicted molar refractivity (Wildman–Crippen MR) is 116 cm³/mol. The molecule has 2 rings (SSSR count). The fourth-order valence-corrected chi connectivity index (χ4v) is 3.21. The summed E-state index contributed by atoms with van der Waals surface area (Å²) in [6.45, 7) is 6.00. The van der Waals surface area contributed by atoms with Gasteiger partial charge in [0.05, 0.1) is 13.0 Å². The van der Waals surface area contributed by atoms with Crippen molar-refractivity contribution >= 4 is 40.8 Å². The number of hydrogen-bond acceptors (Lipinski definition) is 5. The molecule has 0 spiro atoms. The van der Waals surface area contributed by atoms with E-state index in [4.69, 9.17) is 17.0 Å². The van der Waals surface area contributed by atoms with Crippen molar-refractivity contribution in [3.05, 3.63) is 29.8 Å². The van der Waals surface area contributed by atoms with Crippen molar-refractivity contribution in [2.45, 2.75) is 46.0 Å². The van der Waals surface area contributed by atoms with Crippen LogP contribution in [0.25, 0.3) is 0 Å². The number of nitrogens with one attached hydrogen (secondary N) is 2. The van der Waals surface area contributed by atoms with Gasteiger partial charge in [-0.15, -0.1) is 0 Å². The van der Waals surface area contributed by atoms with Crippen molar-refractivity contribution in [1.82, 2.24) is 10.2 Å². The second-order valence-electron chi connectivity index (χ2n) is 7.28. The Morgan fingerprint density at radius 2 is 1.93 bits per heavy atom. The molecular formula is C21H29N3O4S. The largest absolute Gasteiger partial charge is 0.466 e. The molecule has 29 heavy (non-hydrogen) atoms. The van der Waals surface area contributed by atoms with Gasteiger partial charge in [0.2, 0.25) is 5.91 Å². The number of thiocarbonyl (C=S) groups is 1. The maximum absolute atomic E-state index is 12.7. The summed E-state index contributed by atoms with van der Waals surface area (Å²) in [5.74, 6) is -0.118. The van der Waals surface area contributed by atoms with E-state index in [1.165, 1.54) is 0 Å². The van der Waals surface area contributed by atoms with Crippen molar-refractivity contribution in [3.63, 3.8) is 0 Å². The number of rotatable bonds is 7. The van der Waals surface area contributed by atoms with Crippen LogP contribution in [0.2, 0.25) is 0 Å². The highest BCUT2D eigenvalue weighted by atomic mass is 32.1. The minimum absolute atomic E-state index is 0.00101. The van der Waals surface area contributed by atoms with Crippen molar-refractivity contribution in [3.8, 4) is 0 Å². The number of ether oxygens (including phenoxy) is 1. The molecule has 7 nitrogen and oxygen atoms in total. The van der Waals surface area contributed by atoms with Crippen LogP contribution in [-0.2, 0) is 14.3 Å². The van der Waals surface area contributed by atoms with Gasteiger partial charge in [-0.25, -0.2) is 0 Å². The van der Waals surface area contributed by atoms with E-state index < -0.39 is 5.97 Å². The molecule has 0 aliphatic carbocycles. The summed E-state index contributed by atoms with van der Waals surface area (Å²) in [6.07, 6.45) is 2.78. The minimum atomic E-state index is -0.404. The molecule has 2 amide bonds. The number of amides is 2. The number of piperidine rings is 1. The van der Waals surface area contributed by atoms with Gasteiger partial charge in [-0.05, 0) is 55.6 Å². The Bertz CT molecular complexity index is 745. The number of nitrogens with zero attached hydrogens (tertiary/aromatic N) is 1. The first-order valence-corrected chi connectivity index (χ1v) is 10.5. The van der Waals surface area contributed by atoms with E-state index in [9.17, 15) is 14.4 Å². The van der Waals surface area contributed by atoms with Crippen LogP contribution >= 0.6 is 12.2 Å². The van der Waals surface area contributed by atoms with E-state index in [1.54, 1.807) is 24.3 Å². The first kappa shape index (κ1) is 22.8. The molecule has 0 bridgehead atoms. The molecule has 0 atom stereocenters. The molecule has 0 unspecified atom stereocenters. The molecule has 0 radical (unpaired) electrons. The predicted octanol–water partition coefficient (Wildman–Crippen LogP) is 3.11. The van der Waals surface area contributed by atoms with Crippen LogP contribution in [0.4, 0.5) is 5.69 Å². The highest BCUT2D eigenvalue weighted by molar-refractivity contribution is 7.80. The van der Waals surface area contributed by atoms with Gasteiger partial charge in [0, 0.05) is 30.8 Å². The summed E-state index contributed by atoms with van der Waals surface area (Å²) in [4.78, 5) is 37.9. The SMILES string of the molecule is CCCOC(=O)CCC(=O)NC(=S)Nc1cccc(C(=O)N2CCC(C)CC2)c1. The average Bonchev–Trinajstić information content (AvgIpc) is 2.70. The zero-order valence-electron chi connectivity index (χ0n) is 17.0.